The highest BCUT2D eigenvalue weighted by atomic mass is 16.6. The molecule has 0 aromatic heterocycles. The van der Waals surface area contributed by atoms with E-state index in [2.05, 4.69) is 69.4 Å². The fourth-order valence-electron chi connectivity index (χ4n) is 9.27. The van der Waals surface area contributed by atoms with Gasteiger partial charge in [-0.25, -0.2) is 0 Å². The van der Waals surface area contributed by atoms with Crippen LogP contribution < -0.4 is 0 Å². The highest BCUT2D eigenvalue weighted by molar-refractivity contribution is 5.71. The average molecular weight is 1010 g/mol. The van der Waals surface area contributed by atoms with E-state index in [1.54, 1.807) is 0 Å². The van der Waals surface area contributed by atoms with Crippen molar-refractivity contribution in [3.63, 3.8) is 0 Å². The van der Waals surface area contributed by atoms with Crippen LogP contribution in [0, 0.1) is 0 Å². The number of ether oxygens (including phenoxy) is 3. The predicted octanol–water partition coefficient (Wildman–Crippen LogP) is 21.4. The Morgan fingerprint density at radius 3 is 0.778 bits per heavy atom. The van der Waals surface area contributed by atoms with E-state index in [0.29, 0.717) is 19.3 Å². The second-order valence-electron chi connectivity index (χ2n) is 21.3. The molecule has 0 aromatic carbocycles. The van der Waals surface area contributed by atoms with E-state index >= 15 is 0 Å². The number of allylic oxidation sites excluding steroid dienone is 8. The van der Waals surface area contributed by atoms with E-state index in [1.807, 2.05) is 0 Å². The summed E-state index contributed by atoms with van der Waals surface area (Å²) in [6.45, 7) is 6.65. The molecule has 0 amide bonds. The van der Waals surface area contributed by atoms with Gasteiger partial charge >= 0.3 is 17.9 Å². The number of hydrogen-bond acceptors (Lipinski definition) is 6. The van der Waals surface area contributed by atoms with Crippen LogP contribution in [-0.4, -0.2) is 37.2 Å². The van der Waals surface area contributed by atoms with Gasteiger partial charge in [0.25, 0.3) is 0 Å². The Hall–Kier alpha value is -2.63. The lowest BCUT2D eigenvalue weighted by atomic mass is 10.0. The molecule has 420 valence electrons. The normalized spacial score (nSPS) is 12.3. The fourth-order valence-corrected chi connectivity index (χ4v) is 9.27. The molecule has 0 saturated carbocycles. The Morgan fingerprint density at radius 1 is 0.278 bits per heavy atom. The van der Waals surface area contributed by atoms with Crippen LogP contribution in [0.3, 0.4) is 0 Å². The third-order valence-electron chi connectivity index (χ3n) is 14.1. The molecule has 0 rings (SSSR count). The Morgan fingerprint density at radius 2 is 0.500 bits per heavy atom. The first-order valence-corrected chi connectivity index (χ1v) is 31.6. The number of hydrogen-bond donors (Lipinski definition) is 0. The van der Waals surface area contributed by atoms with Crippen molar-refractivity contribution in [2.24, 2.45) is 0 Å². The summed E-state index contributed by atoms with van der Waals surface area (Å²) in [4.78, 5) is 38.3. The van der Waals surface area contributed by atoms with Gasteiger partial charge in [-0.05, 0) is 83.5 Å². The van der Waals surface area contributed by atoms with Gasteiger partial charge in [-0.15, -0.1) is 0 Å². The van der Waals surface area contributed by atoms with Crippen LogP contribution in [0.2, 0.25) is 0 Å². The van der Waals surface area contributed by atoms with Gasteiger partial charge in [0, 0.05) is 19.3 Å². The Balaban J connectivity index is 4.30. The van der Waals surface area contributed by atoms with E-state index in [0.717, 1.165) is 77.0 Å². The lowest BCUT2D eigenvalue weighted by Crippen LogP contribution is -2.30. The van der Waals surface area contributed by atoms with E-state index in [1.165, 1.54) is 218 Å². The van der Waals surface area contributed by atoms with E-state index in [4.69, 9.17) is 14.2 Å². The summed E-state index contributed by atoms with van der Waals surface area (Å²) >= 11 is 0. The number of carbonyl (C=O) groups is 3. The SMILES string of the molecule is CCCCCC/C=C\C/C=C\CCCCCCCCCC(=O)OC(COC(=O)CCCCCCCCCCCCC/C=C\C/C=C\CCCCCCC)COC(=O)CCCCCCCCCCCCCCC. The summed E-state index contributed by atoms with van der Waals surface area (Å²) in [5.41, 5.74) is 0. The van der Waals surface area contributed by atoms with Crippen LogP contribution >= 0.6 is 0 Å². The van der Waals surface area contributed by atoms with Gasteiger partial charge < -0.3 is 14.2 Å². The molecule has 0 bridgehead atoms. The summed E-state index contributed by atoms with van der Waals surface area (Å²) in [6, 6.07) is 0. The smallest absolute Gasteiger partial charge is 0.306 e. The number of unbranched alkanes of at least 4 members (excludes halogenated alkanes) is 39. The molecule has 72 heavy (non-hydrogen) atoms. The van der Waals surface area contributed by atoms with Crippen molar-refractivity contribution in [3.8, 4) is 0 Å². The molecule has 0 radical (unpaired) electrons. The Labute approximate surface area is 448 Å². The molecule has 0 aliphatic heterocycles. The van der Waals surface area contributed by atoms with Crippen LogP contribution in [-0.2, 0) is 28.6 Å². The van der Waals surface area contributed by atoms with Gasteiger partial charge in [0.05, 0.1) is 0 Å². The first-order chi connectivity index (χ1) is 35.5. The number of esters is 3. The van der Waals surface area contributed by atoms with E-state index in [9.17, 15) is 14.4 Å². The maximum Gasteiger partial charge on any atom is 0.306 e. The zero-order valence-corrected chi connectivity index (χ0v) is 48.2. The minimum absolute atomic E-state index is 0.0733. The zero-order chi connectivity index (χ0) is 52.2. The zero-order valence-electron chi connectivity index (χ0n) is 48.2. The minimum Gasteiger partial charge on any atom is -0.462 e. The topological polar surface area (TPSA) is 78.9 Å². The van der Waals surface area contributed by atoms with Gasteiger partial charge in [-0.1, -0.05) is 281 Å². The minimum atomic E-state index is -0.776. The van der Waals surface area contributed by atoms with E-state index < -0.39 is 6.10 Å². The van der Waals surface area contributed by atoms with Crippen molar-refractivity contribution >= 4 is 17.9 Å². The quantitative estimate of drug-likeness (QED) is 0.0261. The van der Waals surface area contributed by atoms with Gasteiger partial charge in [0.2, 0.25) is 0 Å². The summed E-state index contributed by atoms with van der Waals surface area (Å²) < 4.78 is 16.9. The van der Waals surface area contributed by atoms with Crippen molar-refractivity contribution in [1.82, 2.24) is 0 Å². The van der Waals surface area contributed by atoms with Crippen LogP contribution in [0.25, 0.3) is 0 Å². The molecule has 0 heterocycles. The van der Waals surface area contributed by atoms with Crippen molar-refractivity contribution in [1.29, 1.82) is 0 Å². The van der Waals surface area contributed by atoms with Gasteiger partial charge in [0.15, 0.2) is 6.10 Å². The van der Waals surface area contributed by atoms with Gasteiger partial charge in [-0.3, -0.25) is 14.4 Å². The van der Waals surface area contributed by atoms with Crippen molar-refractivity contribution in [2.75, 3.05) is 13.2 Å². The van der Waals surface area contributed by atoms with Gasteiger partial charge in [-0.2, -0.15) is 0 Å². The van der Waals surface area contributed by atoms with Crippen LogP contribution in [0.15, 0.2) is 48.6 Å². The average Bonchev–Trinajstić information content (AvgIpc) is 3.38. The van der Waals surface area contributed by atoms with Crippen molar-refractivity contribution in [2.45, 2.75) is 341 Å². The molecule has 0 aromatic rings. The third-order valence-corrected chi connectivity index (χ3v) is 14.1. The summed E-state index contributed by atoms with van der Waals surface area (Å²) in [7, 11) is 0. The summed E-state index contributed by atoms with van der Waals surface area (Å²) in [5, 5.41) is 0. The number of carbonyl (C=O) groups excluding carboxylic acids is 3. The Bertz CT molecular complexity index is 1250. The molecule has 0 aliphatic carbocycles. The lowest BCUT2D eigenvalue weighted by molar-refractivity contribution is -0.167. The molecule has 0 N–H and O–H groups in total. The van der Waals surface area contributed by atoms with Crippen LogP contribution in [0.5, 0.6) is 0 Å². The first kappa shape index (κ1) is 69.4. The monoisotopic (exact) mass is 1010 g/mol. The predicted molar refractivity (Wildman–Crippen MR) is 312 cm³/mol. The molecule has 1 atom stereocenters. The molecular weight excluding hydrogens is 889 g/mol. The maximum atomic E-state index is 12.9. The first-order valence-electron chi connectivity index (χ1n) is 31.6. The molecule has 0 spiro atoms. The fraction of sp³-hybridized carbons (Fsp3) is 0.833. The lowest BCUT2D eigenvalue weighted by Gasteiger charge is -2.18. The maximum absolute atomic E-state index is 12.9. The summed E-state index contributed by atoms with van der Waals surface area (Å²) in [5.74, 6) is -0.864. The highest BCUT2D eigenvalue weighted by Gasteiger charge is 2.19. The Kier molecular flexibility index (Phi) is 58.7. The van der Waals surface area contributed by atoms with Crippen LogP contribution in [0.4, 0.5) is 0 Å². The molecule has 6 nitrogen and oxygen atoms in total. The summed E-state index contributed by atoms with van der Waals surface area (Å²) in [6.07, 6.45) is 75.4. The van der Waals surface area contributed by atoms with Crippen molar-refractivity contribution in [3.05, 3.63) is 48.6 Å². The molecule has 0 aliphatic rings. The van der Waals surface area contributed by atoms with Crippen molar-refractivity contribution < 1.29 is 28.6 Å². The number of rotatable bonds is 58. The molecule has 6 heteroatoms. The molecule has 1 unspecified atom stereocenters. The molecule has 0 saturated heterocycles. The highest BCUT2D eigenvalue weighted by Crippen LogP contribution is 2.17. The largest absolute Gasteiger partial charge is 0.462 e. The second-order valence-corrected chi connectivity index (χ2v) is 21.3. The standard InChI is InChI=1S/C66H120O6/c1-4-7-10-13-16-19-22-25-27-29-31-32-33-34-35-37-38-41-44-47-50-53-56-59-65(68)71-62-63(61-70-64(67)58-55-52-49-46-43-40-24-21-18-15-12-9-6-3)72-66(69)60-57-54-51-48-45-42-39-36-30-28-26-23-20-17-14-11-8-5-2/h20,22-23,25,28-31,63H,4-19,21,24,26-27,32-62H2,1-3H3/b23-20-,25-22-,30-28-,31-29-. The molecule has 0 fully saturated rings. The third kappa shape index (κ3) is 58.3. The van der Waals surface area contributed by atoms with Gasteiger partial charge in [0.1, 0.15) is 13.2 Å². The van der Waals surface area contributed by atoms with E-state index in [-0.39, 0.29) is 31.1 Å². The van der Waals surface area contributed by atoms with Crippen LogP contribution in [0.1, 0.15) is 335 Å². The second kappa shape index (κ2) is 60.9. The molecular formula is C66H120O6.